The van der Waals surface area contributed by atoms with Crippen molar-refractivity contribution in [2.45, 2.75) is 44.1 Å². The molecule has 1 spiro atoms. The average Bonchev–Trinajstić information content (AvgIpc) is 2.96. The Balaban J connectivity index is 1.29. The number of likely N-dealkylation sites (tertiary alicyclic amines) is 1. The smallest absolute Gasteiger partial charge is 0.407 e. The van der Waals surface area contributed by atoms with E-state index < -0.39 is 0 Å². The largest absolute Gasteiger partial charge is 0.447 e. The fourth-order valence-electron chi connectivity index (χ4n) is 4.30. The van der Waals surface area contributed by atoms with E-state index in [0.29, 0.717) is 12.5 Å². The van der Waals surface area contributed by atoms with E-state index in [9.17, 15) is 9.59 Å². The Kier molecular flexibility index (Phi) is 3.74. The minimum absolute atomic E-state index is 0.0444. The molecule has 1 aliphatic carbocycles. The van der Waals surface area contributed by atoms with Crippen LogP contribution in [0.3, 0.4) is 0 Å². The van der Waals surface area contributed by atoms with Gasteiger partial charge in [-0.2, -0.15) is 0 Å². The molecule has 0 aromatic heterocycles. The first-order valence-electron chi connectivity index (χ1n) is 8.85. The Hall–Kier alpha value is -2.04. The van der Waals surface area contributed by atoms with Crippen LogP contribution in [-0.2, 0) is 9.53 Å². The number of nitrogens with one attached hydrogen (secondary N) is 1. The van der Waals surface area contributed by atoms with Crippen molar-refractivity contribution in [3.8, 4) is 0 Å². The van der Waals surface area contributed by atoms with Gasteiger partial charge in [-0.15, -0.1) is 0 Å². The maximum Gasteiger partial charge on any atom is 0.407 e. The predicted octanol–water partition coefficient (Wildman–Crippen LogP) is 2.59. The summed E-state index contributed by atoms with van der Waals surface area (Å²) in [7, 11) is 0. The van der Waals surface area contributed by atoms with Gasteiger partial charge in [0.05, 0.1) is 5.54 Å². The quantitative estimate of drug-likeness (QED) is 0.908. The molecule has 2 saturated heterocycles. The maximum absolute atomic E-state index is 12.7. The Bertz CT molecular complexity index is 641. The van der Waals surface area contributed by atoms with Crippen molar-refractivity contribution in [1.29, 1.82) is 0 Å². The molecule has 128 valence electrons. The highest BCUT2D eigenvalue weighted by Gasteiger charge is 2.53. The standard InChI is InChI=1S/C19H24N2O3/c1-13-2-4-14(5-3-13)15-6-8-21(9-7-15)17(22)16-10-19(11-16)12-24-18(23)20-19/h2-5,15-16H,6-12H2,1H3,(H,20,23). The number of nitrogens with zero attached hydrogens (tertiary/aromatic N) is 1. The number of ether oxygens (including phenoxy) is 1. The number of benzene rings is 1. The highest BCUT2D eigenvalue weighted by Crippen LogP contribution is 2.42. The van der Waals surface area contributed by atoms with E-state index >= 15 is 0 Å². The summed E-state index contributed by atoms with van der Waals surface area (Å²) in [4.78, 5) is 25.9. The summed E-state index contributed by atoms with van der Waals surface area (Å²) in [6.45, 7) is 4.19. The van der Waals surface area contributed by atoms with Gasteiger partial charge in [-0.05, 0) is 44.1 Å². The summed E-state index contributed by atoms with van der Waals surface area (Å²) in [6.07, 6.45) is 3.16. The number of hydrogen-bond donors (Lipinski definition) is 1. The molecule has 0 bridgehead atoms. The van der Waals surface area contributed by atoms with E-state index in [1.54, 1.807) is 0 Å². The molecule has 1 aromatic carbocycles. The Morgan fingerprint density at radius 3 is 2.46 bits per heavy atom. The lowest BCUT2D eigenvalue weighted by Gasteiger charge is -2.45. The Morgan fingerprint density at radius 1 is 1.21 bits per heavy atom. The molecule has 3 aliphatic rings. The second kappa shape index (κ2) is 5.80. The van der Waals surface area contributed by atoms with E-state index in [2.05, 4.69) is 36.5 Å². The lowest BCUT2D eigenvalue weighted by molar-refractivity contribution is -0.142. The SMILES string of the molecule is Cc1ccc(C2CCN(C(=O)C3CC4(COC(=O)N4)C3)CC2)cc1. The minimum Gasteiger partial charge on any atom is -0.447 e. The van der Waals surface area contributed by atoms with Gasteiger partial charge in [0.15, 0.2) is 0 Å². The molecule has 1 saturated carbocycles. The number of alkyl carbamates (subject to hydrolysis) is 1. The zero-order valence-corrected chi connectivity index (χ0v) is 14.1. The van der Waals surface area contributed by atoms with Crippen LogP contribution in [0.4, 0.5) is 4.79 Å². The van der Waals surface area contributed by atoms with Gasteiger partial charge in [0, 0.05) is 19.0 Å². The number of hydrogen-bond acceptors (Lipinski definition) is 3. The number of cyclic esters (lactones) is 1. The van der Waals surface area contributed by atoms with E-state index in [0.717, 1.165) is 38.8 Å². The Labute approximate surface area is 142 Å². The monoisotopic (exact) mass is 328 g/mol. The number of piperidine rings is 1. The van der Waals surface area contributed by atoms with Gasteiger partial charge in [0.1, 0.15) is 6.61 Å². The summed E-state index contributed by atoms with van der Waals surface area (Å²) in [6, 6.07) is 8.77. The molecular weight excluding hydrogens is 304 g/mol. The molecule has 1 N–H and O–H groups in total. The molecule has 5 nitrogen and oxygen atoms in total. The summed E-state index contributed by atoms with van der Waals surface area (Å²) in [5.41, 5.74) is 2.41. The fraction of sp³-hybridized carbons (Fsp3) is 0.579. The lowest BCUT2D eigenvalue weighted by Crippen LogP contribution is -2.58. The first-order chi connectivity index (χ1) is 11.5. The molecule has 2 heterocycles. The fourth-order valence-corrected chi connectivity index (χ4v) is 4.30. The zero-order chi connectivity index (χ0) is 16.7. The van der Waals surface area contributed by atoms with Crippen LogP contribution in [0.1, 0.15) is 42.7 Å². The molecule has 1 aromatic rings. The van der Waals surface area contributed by atoms with Gasteiger partial charge in [-0.25, -0.2) is 4.79 Å². The third-order valence-electron chi connectivity index (χ3n) is 5.83. The first-order valence-corrected chi connectivity index (χ1v) is 8.85. The molecule has 24 heavy (non-hydrogen) atoms. The van der Waals surface area contributed by atoms with Crippen molar-refractivity contribution >= 4 is 12.0 Å². The Morgan fingerprint density at radius 2 is 1.88 bits per heavy atom. The summed E-state index contributed by atoms with van der Waals surface area (Å²) >= 11 is 0. The van der Waals surface area contributed by atoms with Crippen LogP contribution < -0.4 is 5.32 Å². The number of rotatable bonds is 2. The van der Waals surface area contributed by atoms with E-state index in [-0.39, 0.29) is 23.5 Å². The summed E-state index contributed by atoms with van der Waals surface area (Å²) in [5, 5.41) is 2.86. The molecule has 2 amide bonds. The molecule has 0 unspecified atom stereocenters. The van der Waals surface area contributed by atoms with Crippen LogP contribution >= 0.6 is 0 Å². The average molecular weight is 328 g/mol. The van der Waals surface area contributed by atoms with Gasteiger partial charge in [-0.3, -0.25) is 4.79 Å². The minimum atomic E-state index is -0.347. The molecule has 5 heteroatoms. The maximum atomic E-state index is 12.7. The molecule has 0 radical (unpaired) electrons. The van der Waals surface area contributed by atoms with Gasteiger partial charge in [0.2, 0.25) is 5.91 Å². The zero-order valence-electron chi connectivity index (χ0n) is 14.1. The van der Waals surface area contributed by atoms with E-state index in [1.807, 2.05) is 4.90 Å². The predicted molar refractivity (Wildman–Crippen MR) is 89.7 cm³/mol. The summed E-state index contributed by atoms with van der Waals surface area (Å²) in [5.74, 6) is 0.858. The number of amides is 2. The summed E-state index contributed by atoms with van der Waals surface area (Å²) < 4.78 is 4.98. The molecule has 2 aliphatic heterocycles. The van der Waals surface area contributed by atoms with E-state index in [1.165, 1.54) is 11.1 Å². The van der Waals surface area contributed by atoms with Crippen molar-refractivity contribution in [3.05, 3.63) is 35.4 Å². The first kappa shape index (κ1) is 15.5. The highest BCUT2D eigenvalue weighted by atomic mass is 16.6. The van der Waals surface area contributed by atoms with E-state index in [4.69, 9.17) is 4.74 Å². The van der Waals surface area contributed by atoms with Crippen molar-refractivity contribution in [1.82, 2.24) is 10.2 Å². The number of aryl methyl sites for hydroxylation is 1. The topological polar surface area (TPSA) is 58.6 Å². The van der Waals surface area contributed by atoms with Gasteiger partial charge >= 0.3 is 6.09 Å². The van der Waals surface area contributed by atoms with Crippen LogP contribution in [0.15, 0.2) is 24.3 Å². The molecule has 0 atom stereocenters. The lowest BCUT2D eigenvalue weighted by atomic mass is 9.68. The third kappa shape index (κ3) is 2.76. The number of carbonyl (C=O) groups excluding carboxylic acids is 2. The van der Waals surface area contributed by atoms with Crippen molar-refractivity contribution in [3.63, 3.8) is 0 Å². The second-order valence-corrected chi connectivity index (χ2v) is 7.60. The van der Waals surface area contributed by atoms with Crippen LogP contribution in [0, 0.1) is 12.8 Å². The van der Waals surface area contributed by atoms with Crippen molar-refractivity contribution in [2.75, 3.05) is 19.7 Å². The van der Waals surface area contributed by atoms with Crippen LogP contribution in [-0.4, -0.2) is 42.1 Å². The van der Waals surface area contributed by atoms with Crippen LogP contribution in [0.2, 0.25) is 0 Å². The van der Waals surface area contributed by atoms with Crippen molar-refractivity contribution < 1.29 is 14.3 Å². The molecule has 3 fully saturated rings. The molecule has 4 rings (SSSR count). The van der Waals surface area contributed by atoms with Gasteiger partial charge < -0.3 is 15.0 Å². The molecular formula is C19H24N2O3. The van der Waals surface area contributed by atoms with Crippen LogP contribution in [0.25, 0.3) is 0 Å². The van der Waals surface area contributed by atoms with Crippen LogP contribution in [0.5, 0.6) is 0 Å². The van der Waals surface area contributed by atoms with Crippen molar-refractivity contribution in [2.24, 2.45) is 5.92 Å². The van der Waals surface area contributed by atoms with Gasteiger partial charge in [0.25, 0.3) is 0 Å². The third-order valence-corrected chi connectivity index (χ3v) is 5.83. The number of carbonyl (C=O) groups is 2. The highest BCUT2D eigenvalue weighted by molar-refractivity contribution is 5.81. The van der Waals surface area contributed by atoms with Gasteiger partial charge in [-0.1, -0.05) is 29.8 Å². The normalized spacial score (nSPS) is 30.0. The second-order valence-electron chi connectivity index (χ2n) is 7.60.